The largest absolute Gasteiger partial charge is 0.457 e. The molecule has 1 aliphatic carbocycles. The Kier molecular flexibility index (Phi) is 8.45. The second kappa shape index (κ2) is 12.2. The average molecular weight is 541 g/mol. The molecule has 0 bridgehead atoms. The zero-order chi connectivity index (χ0) is 28.2. The van der Waals surface area contributed by atoms with Crippen LogP contribution in [0.15, 0.2) is 60.9 Å². The number of nitrogens with zero attached hydrogens (tertiary/aromatic N) is 5. The fraction of sp³-hybridized carbons (Fsp3) is 0.438. The lowest BCUT2D eigenvalue weighted by Gasteiger charge is -2.31. The third-order valence-electron chi connectivity index (χ3n) is 7.97. The molecule has 2 N–H and O–H groups in total. The molecule has 1 atom stereocenters. The predicted octanol–water partition coefficient (Wildman–Crippen LogP) is 6.53. The molecule has 0 spiro atoms. The quantitative estimate of drug-likeness (QED) is 0.244. The summed E-state index contributed by atoms with van der Waals surface area (Å²) in [5, 5.41) is 5.82. The van der Waals surface area contributed by atoms with Crippen LogP contribution in [0.2, 0.25) is 0 Å². The Balaban J connectivity index is 1.32. The minimum absolute atomic E-state index is 0.000466. The third kappa shape index (κ3) is 6.17. The van der Waals surface area contributed by atoms with Gasteiger partial charge in [-0.1, -0.05) is 32.0 Å². The average Bonchev–Trinajstić information content (AvgIpc) is 3.34. The highest BCUT2D eigenvalue weighted by Crippen LogP contribution is 2.39. The summed E-state index contributed by atoms with van der Waals surface area (Å²) in [5.74, 6) is 3.25. The number of benzene rings is 2. The molecule has 0 saturated heterocycles. The van der Waals surface area contributed by atoms with Gasteiger partial charge in [0.15, 0.2) is 5.65 Å². The van der Waals surface area contributed by atoms with Crippen molar-refractivity contribution in [1.29, 1.82) is 0 Å². The van der Waals surface area contributed by atoms with Crippen LogP contribution < -0.4 is 10.5 Å². The van der Waals surface area contributed by atoms with E-state index < -0.39 is 0 Å². The summed E-state index contributed by atoms with van der Waals surface area (Å²) in [4.78, 5) is 24.1. The maximum Gasteiger partial charge on any atom is 0.164 e. The van der Waals surface area contributed by atoms with Gasteiger partial charge in [-0.05, 0) is 94.4 Å². The summed E-state index contributed by atoms with van der Waals surface area (Å²) in [7, 11) is 4.03. The summed E-state index contributed by atoms with van der Waals surface area (Å²) < 4.78 is 8.00. The molecule has 5 rings (SSSR count). The first-order chi connectivity index (χ1) is 19.3. The van der Waals surface area contributed by atoms with Gasteiger partial charge in [-0.25, -0.2) is 14.6 Å². The molecule has 8 nitrogen and oxygen atoms in total. The summed E-state index contributed by atoms with van der Waals surface area (Å²) in [6, 6.07) is 17.8. The molecule has 210 valence electrons. The fourth-order valence-corrected chi connectivity index (χ4v) is 5.85. The van der Waals surface area contributed by atoms with Crippen molar-refractivity contribution in [2.45, 2.75) is 64.5 Å². The lowest BCUT2D eigenvalue weighted by molar-refractivity contribution is -0.125. The first-order valence-corrected chi connectivity index (χ1v) is 14.3. The predicted molar refractivity (Wildman–Crippen MR) is 159 cm³/mol. The van der Waals surface area contributed by atoms with Crippen LogP contribution in [0.1, 0.15) is 58.4 Å². The van der Waals surface area contributed by atoms with E-state index in [1.165, 1.54) is 6.33 Å². The molecule has 4 aromatic rings. The van der Waals surface area contributed by atoms with E-state index in [1.807, 2.05) is 73.4 Å². The van der Waals surface area contributed by atoms with Gasteiger partial charge in [-0.2, -0.15) is 5.10 Å². The van der Waals surface area contributed by atoms with Crippen LogP contribution in [-0.2, 0) is 4.79 Å². The number of Topliss-reactive ketones (excluding diaryl/α,β-unsaturated/α-hetero) is 1. The lowest BCUT2D eigenvalue weighted by atomic mass is 9.81. The van der Waals surface area contributed by atoms with E-state index in [0.29, 0.717) is 29.9 Å². The Labute approximate surface area is 236 Å². The number of ketones is 1. The smallest absolute Gasteiger partial charge is 0.164 e. The van der Waals surface area contributed by atoms with Crippen molar-refractivity contribution in [1.82, 2.24) is 24.6 Å². The van der Waals surface area contributed by atoms with Crippen molar-refractivity contribution >= 4 is 22.6 Å². The number of anilines is 1. The molecule has 1 aliphatic rings. The van der Waals surface area contributed by atoms with Gasteiger partial charge in [0.25, 0.3) is 0 Å². The number of aromatic nitrogens is 4. The molecule has 1 saturated carbocycles. The van der Waals surface area contributed by atoms with Crippen molar-refractivity contribution < 1.29 is 9.53 Å². The van der Waals surface area contributed by atoms with Gasteiger partial charge in [0, 0.05) is 12.0 Å². The van der Waals surface area contributed by atoms with E-state index >= 15 is 0 Å². The Morgan fingerprint density at radius 3 is 2.33 bits per heavy atom. The van der Waals surface area contributed by atoms with Gasteiger partial charge in [0.2, 0.25) is 0 Å². The normalized spacial score (nSPS) is 18.4. The number of carbonyl (C=O) groups excluding carboxylic acids is 1. The molecule has 0 amide bonds. The van der Waals surface area contributed by atoms with Gasteiger partial charge >= 0.3 is 0 Å². The minimum atomic E-state index is -0.000466. The Morgan fingerprint density at radius 2 is 1.68 bits per heavy atom. The van der Waals surface area contributed by atoms with Gasteiger partial charge in [0.05, 0.1) is 17.5 Å². The van der Waals surface area contributed by atoms with E-state index in [2.05, 4.69) is 28.7 Å². The highest BCUT2D eigenvalue weighted by Gasteiger charge is 2.30. The molecule has 40 heavy (non-hydrogen) atoms. The topological polar surface area (TPSA) is 99.2 Å². The number of fused-ring (bicyclic) bond motifs is 1. The van der Waals surface area contributed by atoms with E-state index in [4.69, 9.17) is 15.6 Å². The highest BCUT2D eigenvalue weighted by molar-refractivity contribution is 5.98. The molecule has 2 aromatic carbocycles. The zero-order valence-corrected chi connectivity index (χ0v) is 24.0. The third-order valence-corrected chi connectivity index (χ3v) is 7.97. The van der Waals surface area contributed by atoms with Crippen molar-refractivity contribution in [2.75, 3.05) is 19.8 Å². The number of hydrogen-bond acceptors (Lipinski definition) is 7. The van der Waals surface area contributed by atoms with Crippen LogP contribution in [0.4, 0.5) is 5.82 Å². The highest BCUT2D eigenvalue weighted by atomic mass is 16.5. The zero-order valence-electron chi connectivity index (χ0n) is 24.0. The van der Waals surface area contributed by atoms with Crippen LogP contribution in [-0.4, -0.2) is 50.6 Å². The molecule has 2 heterocycles. The summed E-state index contributed by atoms with van der Waals surface area (Å²) >= 11 is 0. The van der Waals surface area contributed by atoms with Crippen LogP contribution in [0.3, 0.4) is 0 Å². The molecule has 1 fully saturated rings. The van der Waals surface area contributed by atoms with Gasteiger partial charge in [0.1, 0.15) is 35.1 Å². The summed E-state index contributed by atoms with van der Waals surface area (Å²) in [5.41, 5.74) is 8.84. The Hall–Kier alpha value is -3.78. The SMILES string of the molecule is CC(C)C[C@H](C(=O)CC1CCC(n2nc(-c3ccc(Oc4ccccc4)cc3)c3c(N)ncnc32)CC1)N(C)C. The van der Waals surface area contributed by atoms with Crippen molar-refractivity contribution in [3.8, 4) is 22.8 Å². The number of carbonyl (C=O) groups is 1. The van der Waals surface area contributed by atoms with E-state index in [9.17, 15) is 4.79 Å². The number of nitrogen functional groups attached to an aromatic ring is 1. The number of ether oxygens (including phenoxy) is 1. The van der Waals surface area contributed by atoms with Crippen LogP contribution in [0, 0.1) is 11.8 Å². The maximum atomic E-state index is 13.1. The van der Waals surface area contributed by atoms with Crippen molar-refractivity contribution in [2.24, 2.45) is 11.8 Å². The first-order valence-electron chi connectivity index (χ1n) is 14.3. The van der Waals surface area contributed by atoms with Crippen molar-refractivity contribution in [3.63, 3.8) is 0 Å². The van der Waals surface area contributed by atoms with Crippen LogP contribution in [0.25, 0.3) is 22.3 Å². The fourth-order valence-electron chi connectivity index (χ4n) is 5.85. The van der Waals surface area contributed by atoms with E-state index in [1.54, 1.807) is 0 Å². The second-order valence-corrected chi connectivity index (χ2v) is 11.6. The first kappa shape index (κ1) is 27.8. The number of likely N-dealkylation sites (N-methyl/N-ethyl adjacent to an activating group) is 1. The molecular weight excluding hydrogens is 500 g/mol. The number of rotatable bonds is 10. The second-order valence-electron chi connectivity index (χ2n) is 11.6. The van der Waals surface area contributed by atoms with Gasteiger partial charge in [-0.3, -0.25) is 9.69 Å². The van der Waals surface area contributed by atoms with E-state index in [0.717, 1.165) is 65.9 Å². The molecule has 2 aromatic heterocycles. The maximum absolute atomic E-state index is 13.1. The minimum Gasteiger partial charge on any atom is -0.457 e. The van der Waals surface area contributed by atoms with Crippen molar-refractivity contribution in [3.05, 3.63) is 60.9 Å². The van der Waals surface area contributed by atoms with Crippen LogP contribution in [0.5, 0.6) is 11.5 Å². The number of nitrogens with two attached hydrogens (primary N) is 1. The number of para-hydroxylation sites is 1. The molecule has 0 aliphatic heterocycles. The molecule has 0 radical (unpaired) electrons. The molecular formula is C32H40N6O2. The Morgan fingerprint density at radius 1 is 1.00 bits per heavy atom. The summed E-state index contributed by atoms with van der Waals surface area (Å²) in [6.45, 7) is 4.36. The molecule has 8 heteroatoms. The van der Waals surface area contributed by atoms with Gasteiger partial charge < -0.3 is 10.5 Å². The Bertz CT molecular complexity index is 1420. The van der Waals surface area contributed by atoms with Crippen LogP contribution >= 0.6 is 0 Å². The van der Waals surface area contributed by atoms with E-state index in [-0.39, 0.29) is 12.1 Å². The monoisotopic (exact) mass is 540 g/mol. The standard InChI is InChI=1S/C32H40N6O2/c1-21(2)18-27(37(3)4)28(39)19-22-10-14-24(15-11-22)38-32-29(31(33)34-20-35-32)30(36-38)23-12-16-26(17-13-23)40-25-8-6-5-7-9-25/h5-9,12-13,16-17,20-22,24,27H,10-11,14-15,18-19H2,1-4H3,(H2,33,34,35)/t22?,24?,27-/m1/s1. The number of hydrogen-bond donors (Lipinski definition) is 1. The molecule has 0 unspecified atom stereocenters. The lowest BCUT2D eigenvalue weighted by Crippen LogP contribution is -2.38. The van der Waals surface area contributed by atoms with Gasteiger partial charge in [-0.15, -0.1) is 0 Å². The summed E-state index contributed by atoms with van der Waals surface area (Å²) in [6.07, 6.45) is 6.99.